The Bertz CT molecular complexity index is 1250. The number of ether oxygens (including phenoxy) is 1. The molecule has 0 saturated carbocycles. The van der Waals surface area contributed by atoms with Crippen molar-refractivity contribution < 1.29 is 19.4 Å². The summed E-state index contributed by atoms with van der Waals surface area (Å²) in [5, 5.41) is 14.9. The van der Waals surface area contributed by atoms with Crippen LogP contribution in [0.2, 0.25) is 0 Å². The van der Waals surface area contributed by atoms with Crippen LogP contribution in [0, 0.1) is 6.92 Å². The molecule has 1 aromatic carbocycles. The zero-order valence-corrected chi connectivity index (χ0v) is 21.4. The zero-order chi connectivity index (χ0) is 25.4. The maximum atomic E-state index is 12.7. The normalized spacial score (nSPS) is 18.1. The zero-order valence-electron chi connectivity index (χ0n) is 20.6. The summed E-state index contributed by atoms with van der Waals surface area (Å²) < 4.78 is 5.43. The number of aromatic nitrogens is 1. The summed E-state index contributed by atoms with van der Waals surface area (Å²) in [5.74, 6) is -0.206. The van der Waals surface area contributed by atoms with Crippen molar-refractivity contribution in [1.29, 1.82) is 0 Å². The smallest absolute Gasteiger partial charge is 0.410 e. The second kappa shape index (κ2) is 9.47. The highest BCUT2D eigenvalue weighted by Crippen LogP contribution is 2.34. The lowest BCUT2D eigenvalue weighted by Gasteiger charge is -2.26. The molecule has 8 nitrogen and oxygen atoms in total. The van der Waals surface area contributed by atoms with Gasteiger partial charge in [-0.25, -0.2) is 9.78 Å². The number of thiophene rings is 1. The first-order valence-electron chi connectivity index (χ1n) is 11.7. The van der Waals surface area contributed by atoms with Crippen molar-refractivity contribution >= 4 is 39.2 Å². The first kappa shape index (κ1) is 24.9. The van der Waals surface area contributed by atoms with Crippen molar-refractivity contribution in [2.75, 3.05) is 25.4 Å². The standard InChI is InChI=1S/C26H32N4O4S/c1-16-5-10-19-20(27)21(35-23(19)29-16)22(31)28-13-11-17-6-8-18(9-7-17)26(33)12-14-30(15-26)24(32)34-25(2,3)4/h5-10,33H,11-15,27H2,1-4H3,(H,28,31). The topological polar surface area (TPSA) is 118 Å². The number of nitrogen functional groups attached to an aromatic ring is 1. The molecule has 35 heavy (non-hydrogen) atoms. The van der Waals surface area contributed by atoms with Crippen LogP contribution in [0.1, 0.15) is 53.7 Å². The lowest BCUT2D eigenvalue weighted by Crippen LogP contribution is -2.38. The van der Waals surface area contributed by atoms with Crippen molar-refractivity contribution in [1.82, 2.24) is 15.2 Å². The van der Waals surface area contributed by atoms with E-state index in [9.17, 15) is 14.7 Å². The van der Waals surface area contributed by atoms with E-state index in [-0.39, 0.29) is 12.5 Å². The molecule has 186 valence electrons. The Balaban J connectivity index is 1.32. The Hall–Kier alpha value is -3.17. The molecule has 4 rings (SSSR count). The lowest BCUT2D eigenvalue weighted by molar-refractivity contribution is 0.0140. The molecule has 0 radical (unpaired) electrons. The van der Waals surface area contributed by atoms with Gasteiger partial charge in [-0.3, -0.25) is 4.79 Å². The van der Waals surface area contributed by atoms with Gasteiger partial charge in [-0.1, -0.05) is 24.3 Å². The third-order valence-electron chi connectivity index (χ3n) is 6.03. The summed E-state index contributed by atoms with van der Waals surface area (Å²) in [7, 11) is 0. The fourth-order valence-electron chi connectivity index (χ4n) is 4.15. The number of carbonyl (C=O) groups is 2. The molecule has 0 spiro atoms. The average molecular weight is 497 g/mol. The number of pyridine rings is 1. The maximum absolute atomic E-state index is 12.7. The predicted molar refractivity (Wildman–Crippen MR) is 138 cm³/mol. The SMILES string of the molecule is Cc1ccc2c(N)c(C(=O)NCCc3ccc(C4(O)CCN(C(=O)OC(C)(C)C)C4)cc3)sc2n1. The molecule has 3 heterocycles. The van der Waals surface area contributed by atoms with E-state index >= 15 is 0 Å². The molecule has 0 aliphatic carbocycles. The van der Waals surface area contributed by atoms with Gasteiger partial charge in [-0.2, -0.15) is 0 Å². The molecular formula is C26H32N4O4S. The number of rotatable bonds is 5. The van der Waals surface area contributed by atoms with Crippen molar-refractivity contribution in [3.8, 4) is 0 Å². The molecule has 2 aromatic heterocycles. The third-order valence-corrected chi connectivity index (χ3v) is 7.14. The van der Waals surface area contributed by atoms with Gasteiger partial charge < -0.3 is 25.8 Å². The van der Waals surface area contributed by atoms with Crippen LogP contribution < -0.4 is 11.1 Å². The summed E-state index contributed by atoms with van der Waals surface area (Å²) in [5.41, 5.74) is 7.63. The second-order valence-electron chi connectivity index (χ2n) is 10.0. The van der Waals surface area contributed by atoms with Crippen LogP contribution >= 0.6 is 11.3 Å². The minimum Gasteiger partial charge on any atom is -0.444 e. The van der Waals surface area contributed by atoms with Gasteiger partial charge in [0.2, 0.25) is 0 Å². The summed E-state index contributed by atoms with van der Waals surface area (Å²) in [6.07, 6.45) is 0.675. The van der Waals surface area contributed by atoms with E-state index in [2.05, 4.69) is 10.3 Å². The third kappa shape index (κ3) is 5.57. The van der Waals surface area contributed by atoms with E-state index in [0.29, 0.717) is 36.5 Å². The summed E-state index contributed by atoms with van der Waals surface area (Å²) in [6, 6.07) is 11.4. The summed E-state index contributed by atoms with van der Waals surface area (Å²) in [6.45, 7) is 8.46. The number of anilines is 1. The molecule has 4 N–H and O–H groups in total. The number of nitrogens with one attached hydrogen (secondary N) is 1. The van der Waals surface area contributed by atoms with Gasteiger partial charge in [-0.05, 0) is 63.8 Å². The molecule has 9 heteroatoms. The number of benzene rings is 1. The Morgan fingerprint density at radius 3 is 2.63 bits per heavy atom. The highest BCUT2D eigenvalue weighted by atomic mass is 32.1. The number of hydrogen-bond acceptors (Lipinski definition) is 7. The van der Waals surface area contributed by atoms with Gasteiger partial charge in [0.15, 0.2) is 0 Å². The predicted octanol–water partition coefficient (Wildman–Crippen LogP) is 3.99. The Morgan fingerprint density at radius 2 is 1.94 bits per heavy atom. The van der Waals surface area contributed by atoms with E-state index in [1.807, 2.05) is 64.1 Å². The van der Waals surface area contributed by atoms with Crippen LogP contribution in [0.15, 0.2) is 36.4 Å². The van der Waals surface area contributed by atoms with Gasteiger partial charge in [0.1, 0.15) is 20.9 Å². The van der Waals surface area contributed by atoms with Crippen LogP contribution in [0.5, 0.6) is 0 Å². The van der Waals surface area contributed by atoms with Gasteiger partial charge in [0.05, 0.1) is 12.2 Å². The van der Waals surface area contributed by atoms with Crippen LogP contribution in [0.4, 0.5) is 10.5 Å². The number of fused-ring (bicyclic) bond motifs is 1. The number of carbonyl (C=O) groups excluding carboxylic acids is 2. The Labute approximate surface area is 209 Å². The van der Waals surface area contributed by atoms with E-state index < -0.39 is 17.3 Å². The quantitative estimate of drug-likeness (QED) is 0.492. The average Bonchev–Trinajstić information content (AvgIpc) is 3.34. The highest BCUT2D eigenvalue weighted by molar-refractivity contribution is 7.21. The molecule has 1 atom stereocenters. The number of hydrogen-bond donors (Lipinski definition) is 3. The molecule has 2 amide bonds. The van der Waals surface area contributed by atoms with Crippen LogP contribution in [-0.4, -0.2) is 52.2 Å². The molecule has 1 aliphatic heterocycles. The van der Waals surface area contributed by atoms with Crippen molar-refractivity contribution in [3.63, 3.8) is 0 Å². The summed E-state index contributed by atoms with van der Waals surface area (Å²) >= 11 is 1.30. The first-order valence-corrected chi connectivity index (χ1v) is 12.5. The molecule has 1 saturated heterocycles. The molecule has 3 aromatic rings. The monoisotopic (exact) mass is 496 g/mol. The first-order chi connectivity index (χ1) is 16.4. The van der Waals surface area contributed by atoms with Gasteiger partial charge >= 0.3 is 6.09 Å². The highest BCUT2D eigenvalue weighted by Gasteiger charge is 2.41. The van der Waals surface area contributed by atoms with E-state index in [0.717, 1.165) is 27.0 Å². The largest absolute Gasteiger partial charge is 0.444 e. The van der Waals surface area contributed by atoms with E-state index in [1.54, 1.807) is 4.90 Å². The number of amides is 2. The number of β-amino-alcohol motifs (C(OH)–C–C–N with tert-alkyl or cyclic N) is 1. The van der Waals surface area contributed by atoms with Gasteiger partial charge in [0, 0.05) is 24.2 Å². The minimum atomic E-state index is -1.10. The molecule has 1 unspecified atom stereocenters. The fraction of sp³-hybridized carbons (Fsp3) is 0.423. The van der Waals surface area contributed by atoms with Gasteiger partial charge in [-0.15, -0.1) is 11.3 Å². The fourth-order valence-corrected chi connectivity index (χ4v) is 5.21. The molecule has 1 fully saturated rings. The summed E-state index contributed by atoms with van der Waals surface area (Å²) in [4.78, 5) is 32.3. The maximum Gasteiger partial charge on any atom is 0.410 e. The second-order valence-corrected chi connectivity index (χ2v) is 11.0. The lowest BCUT2D eigenvalue weighted by atomic mass is 9.92. The number of likely N-dealkylation sites (tertiary alicyclic amines) is 1. The number of nitrogens with two attached hydrogens (primary N) is 1. The number of aryl methyl sites for hydroxylation is 1. The van der Waals surface area contributed by atoms with E-state index in [4.69, 9.17) is 10.5 Å². The van der Waals surface area contributed by atoms with Crippen LogP contribution in [0.25, 0.3) is 10.2 Å². The molecular weight excluding hydrogens is 464 g/mol. The van der Waals surface area contributed by atoms with E-state index in [1.165, 1.54) is 11.3 Å². The molecule has 1 aliphatic rings. The minimum absolute atomic E-state index is 0.197. The van der Waals surface area contributed by atoms with Crippen LogP contribution in [-0.2, 0) is 16.8 Å². The number of nitrogens with zero attached hydrogens (tertiary/aromatic N) is 2. The van der Waals surface area contributed by atoms with Gasteiger partial charge in [0.25, 0.3) is 5.91 Å². The number of aliphatic hydroxyl groups is 1. The van der Waals surface area contributed by atoms with Crippen LogP contribution in [0.3, 0.4) is 0 Å². The van der Waals surface area contributed by atoms with Crippen molar-refractivity contribution in [2.45, 2.75) is 51.7 Å². The molecule has 0 bridgehead atoms. The Kier molecular flexibility index (Phi) is 6.75. The van der Waals surface area contributed by atoms with Crippen molar-refractivity contribution in [3.05, 3.63) is 58.1 Å². The van der Waals surface area contributed by atoms with Crippen molar-refractivity contribution in [2.24, 2.45) is 0 Å². The Morgan fingerprint density at radius 1 is 1.23 bits per heavy atom.